The topological polar surface area (TPSA) is 58.9 Å². The zero-order valence-corrected chi connectivity index (χ0v) is 15.5. The first-order valence-corrected chi connectivity index (χ1v) is 7.90. The van der Waals surface area contributed by atoms with Crippen molar-refractivity contribution in [3.63, 3.8) is 0 Å². The molecule has 0 amide bonds. The molecule has 4 heteroatoms. The molecule has 0 spiro atoms. The number of hydrogen-bond acceptors (Lipinski definition) is 4. The standard InChI is InChI=1S/C18H32N2O2/c1-13(11-15(21)17(3,4)5)19-9-10-20-14(2)12-16(22)18(6,7)8/h9-12H2,1-8H3. The summed E-state index contributed by atoms with van der Waals surface area (Å²) in [5, 5.41) is 0. The first-order valence-electron chi connectivity index (χ1n) is 7.90. The predicted octanol–water partition coefficient (Wildman–Crippen LogP) is 3.92. The van der Waals surface area contributed by atoms with Gasteiger partial charge in [-0.3, -0.25) is 19.6 Å². The lowest BCUT2D eigenvalue weighted by molar-refractivity contribution is -0.125. The molecule has 0 heterocycles. The van der Waals surface area contributed by atoms with E-state index in [4.69, 9.17) is 0 Å². The Balaban J connectivity index is 4.30. The Kier molecular flexibility index (Phi) is 7.85. The fourth-order valence-corrected chi connectivity index (χ4v) is 1.59. The lowest BCUT2D eigenvalue weighted by Crippen LogP contribution is -2.22. The zero-order chi connectivity index (χ0) is 17.6. The fourth-order valence-electron chi connectivity index (χ4n) is 1.59. The maximum absolute atomic E-state index is 11.9. The second kappa shape index (κ2) is 8.35. The summed E-state index contributed by atoms with van der Waals surface area (Å²) in [5.74, 6) is 0.397. The highest BCUT2D eigenvalue weighted by Crippen LogP contribution is 2.17. The molecule has 126 valence electrons. The van der Waals surface area contributed by atoms with E-state index < -0.39 is 0 Å². The Hall–Kier alpha value is -1.32. The monoisotopic (exact) mass is 308 g/mol. The van der Waals surface area contributed by atoms with Crippen molar-refractivity contribution in [1.29, 1.82) is 0 Å². The first kappa shape index (κ1) is 20.7. The molecule has 0 aromatic heterocycles. The second-order valence-electron chi connectivity index (χ2n) is 7.93. The van der Waals surface area contributed by atoms with E-state index in [0.717, 1.165) is 11.4 Å². The molecule has 0 aromatic rings. The molecule has 0 aliphatic heterocycles. The van der Waals surface area contributed by atoms with Crippen molar-refractivity contribution in [3.8, 4) is 0 Å². The van der Waals surface area contributed by atoms with Crippen LogP contribution >= 0.6 is 0 Å². The fraction of sp³-hybridized carbons (Fsp3) is 0.778. The van der Waals surface area contributed by atoms with Crippen LogP contribution in [0, 0.1) is 10.8 Å². The average molecular weight is 308 g/mol. The molecule has 0 aliphatic carbocycles. The average Bonchev–Trinajstić information content (AvgIpc) is 2.32. The molecule has 0 unspecified atom stereocenters. The molecule has 0 rings (SSSR count). The van der Waals surface area contributed by atoms with Gasteiger partial charge in [0.15, 0.2) is 0 Å². The summed E-state index contributed by atoms with van der Waals surface area (Å²) < 4.78 is 0. The van der Waals surface area contributed by atoms with Crippen LogP contribution in [0.3, 0.4) is 0 Å². The van der Waals surface area contributed by atoms with Crippen LogP contribution in [-0.2, 0) is 9.59 Å². The maximum atomic E-state index is 11.9. The quantitative estimate of drug-likeness (QED) is 0.528. The van der Waals surface area contributed by atoms with E-state index in [9.17, 15) is 9.59 Å². The molecular weight excluding hydrogens is 276 g/mol. The molecule has 0 saturated carbocycles. The number of hydrogen-bond donors (Lipinski definition) is 0. The van der Waals surface area contributed by atoms with Crippen molar-refractivity contribution in [2.45, 2.75) is 68.2 Å². The van der Waals surface area contributed by atoms with Crippen LogP contribution in [0.4, 0.5) is 0 Å². The van der Waals surface area contributed by atoms with Crippen LogP contribution in [0.15, 0.2) is 9.98 Å². The molecule has 0 aromatic carbocycles. The minimum absolute atomic E-state index is 0.198. The van der Waals surface area contributed by atoms with E-state index in [-0.39, 0.29) is 22.4 Å². The van der Waals surface area contributed by atoms with Gasteiger partial charge in [0.25, 0.3) is 0 Å². The Bertz CT molecular complexity index is 416. The van der Waals surface area contributed by atoms with Crippen molar-refractivity contribution < 1.29 is 9.59 Å². The number of aliphatic imine (C=N–C) groups is 2. The third-order valence-electron chi connectivity index (χ3n) is 3.37. The van der Waals surface area contributed by atoms with Gasteiger partial charge in [-0.25, -0.2) is 0 Å². The highest BCUT2D eigenvalue weighted by molar-refractivity contribution is 6.03. The molecule has 22 heavy (non-hydrogen) atoms. The number of Topliss-reactive ketones (excluding diaryl/α,β-unsaturated/α-hetero) is 2. The minimum Gasteiger partial charge on any atom is -0.299 e. The Morgan fingerprint density at radius 2 is 0.955 bits per heavy atom. The predicted molar refractivity (Wildman–Crippen MR) is 94.1 cm³/mol. The summed E-state index contributed by atoms with van der Waals surface area (Å²) in [6.45, 7) is 16.4. The van der Waals surface area contributed by atoms with Crippen molar-refractivity contribution >= 4 is 23.0 Å². The van der Waals surface area contributed by atoms with Crippen LogP contribution in [0.1, 0.15) is 68.2 Å². The molecule has 0 radical (unpaired) electrons. The second-order valence-corrected chi connectivity index (χ2v) is 7.93. The number of nitrogens with zero attached hydrogens (tertiary/aromatic N) is 2. The normalized spacial score (nSPS) is 14.2. The largest absolute Gasteiger partial charge is 0.299 e. The van der Waals surface area contributed by atoms with E-state index in [1.165, 1.54) is 0 Å². The summed E-state index contributed by atoms with van der Waals surface area (Å²) >= 11 is 0. The molecule has 0 atom stereocenters. The van der Waals surface area contributed by atoms with Crippen LogP contribution in [0.25, 0.3) is 0 Å². The van der Waals surface area contributed by atoms with Crippen molar-refractivity contribution in [2.24, 2.45) is 20.8 Å². The van der Waals surface area contributed by atoms with E-state index in [1.807, 2.05) is 55.4 Å². The Morgan fingerprint density at radius 3 is 1.18 bits per heavy atom. The summed E-state index contributed by atoms with van der Waals surface area (Å²) in [7, 11) is 0. The van der Waals surface area contributed by atoms with Gasteiger partial charge in [0.2, 0.25) is 0 Å². The summed E-state index contributed by atoms with van der Waals surface area (Å²) in [6, 6.07) is 0. The molecular formula is C18H32N2O2. The number of ketones is 2. The van der Waals surface area contributed by atoms with Gasteiger partial charge in [0.1, 0.15) is 11.6 Å². The van der Waals surface area contributed by atoms with E-state index in [0.29, 0.717) is 25.9 Å². The molecule has 0 bridgehead atoms. The van der Waals surface area contributed by atoms with Gasteiger partial charge in [0, 0.05) is 35.1 Å². The van der Waals surface area contributed by atoms with Crippen LogP contribution in [0.2, 0.25) is 0 Å². The molecule has 4 nitrogen and oxygen atoms in total. The van der Waals surface area contributed by atoms with E-state index >= 15 is 0 Å². The number of carbonyl (C=O) groups excluding carboxylic acids is 2. The van der Waals surface area contributed by atoms with E-state index in [1.54, 1.807) is 0 Å². The SMILES string of the molecule is CC(CC(=O)C(C)(C)C)=NCCN=C(C)CC(=O)C(C)(C)C. The van der Waals surface area contributed by atoms with Gasteiger partial charge in [0.05, 0.1) is 13.1 Å². The molecule has 0 saturated heterocycles. The maximum Gasteiger partial charge on any atom is 0.143 e. The Morgan fingerprint density at radius 1 is 0.682 bits per heavy atom. The smallest absolute Gasteiger partial charge is 0.143 e. The molecule has 0 fully saturated rings. The third kappa shape index (κ3) is 8.85. The van der Waals surface area contributed by atoms with Gasteiger partial charge < -0.3 is 0 Å². The summed E-state index contributed by atoms with van der Waals surface area (Å²) in [5.41, 5.74) is 1.05. The van der Waals surface area contributed by atoms with Crippen LogP contribution < -0.4 is 0 Å². The van der Waals surface area contributed by atoms with Crippen molar-refractivity contribution in [3.05, 3.63) is 0 Å². The van der Waals surface area contributed by atoms with Crippen molar-refractivity contribution in [2.75, 3.05) is 13.1 Å². The van der Waals surface area contributed by atoms with Crippen LogP contribution in [-0.4, -0.2) is 36.1 Å². The lowest BCUT2D eigenvalue weighted by atomic mass is 9.88. The Labute approximate surface area is 135 Å². The van der Waals surface area contributed by atoms with Gasteiger partial charge in [-0.2, -0.15) is 0 Å². The van der Waals surface area contributed by atoms with E-state index in [2.05, 4.69) is 9.98 Å². The number of carbonyl (C=O) groups is 2. The van der Waals surface area contributed by atoms with Gasteiger partial charge in [-0.05, 0) is 13.8 Å². The van der Waals surface area contributed by atoms with Gasteiger partial charge in [-0.1, -0.05) is 41.5 Å². The minimum atomic E-state index is -0.321. The zero-order valence-electron chi connectivity index (χ0n) is 15.5. The van der Waals surface area contributed by atoms with Gasteiger partial charge in [-0.15, -0.1) is 0 Å². The summed E-state index contributed by atoms with van der Waals surface area (Å²) in [6.07, 6.45) is 0.795. The first-order chi connectivity index (χ1) is 9.84. The summed E-state index contributed by atoms with van der Waals surface area (Å²) in [4.78, 5) is 32.5. The van der Waals surface area contributed by atoms with Crippen molar-refractivity contribution in [1.82, 2.24) is 0 Å². The highest BCUT2D eigenvalue weighted by Gasteiger charge is 2.22. The lowest BCUT2D eigenvalue weighted by Gasteiger charge is -2.16. The van der Waals surface area contributed by atoms with Gasteiger partial charge >= 0.3 is 0 Å². The highest BCUT2D eigenvalue weighted by atomic mass is 16.1. The molecule has 0 aliphatic rings. The number of rotatable bonds is 7. The van der Waals surface area contributed by atoms with Crippen LogP contribution in [0.5, 0.6) is 0 Å². The molecule has 0 N–H and O–H groups in total. The third-order valence-corrected chi connectivity index (χ3v) is 3.37.